The molecule has 1 saturated heterocycles. The van der Waals surface area contributed by atoms with E-state index in [1.807, 2.05) is 25.1 Å². The summed E-state index contributed by atoms with van der Waals surface area (Å²) in [6.45, 7) is 9.74. The molecule has 1 fully saturated rings. The molecule has 2 atom stereocenters. The fraction of sp³-hybridized carbons (Fsp3) is 0.527. The van der Waals surface area contributed by atoms with Crippen molar-refractivity contribution in [2.75, 3.05) is 90.6 Å². The monoisotopic (exact) mass is 1140 g/mol. The minimum absolute atomic E-state index is 0.0255. The Morgan fingerprint density at radius 3 is 2.17 bits per heavy atom. The number of aromatic nitrogens is 4. The van der Waals surface area contributed by atoms with E-state index in [-0.39, 0.29) is 120 Å². The average molecular weight is 1140 g/mol. The smallest absolute Gasteiger partial charge is 0.407 e. The second-order valence-electron chi connectivity index (χ2n) is 19.9. The van der Waals surface area contributed by atoms with Crippen LogP contribution in [0.25, 0.3) is 11.2 Å². The van der Waals surface area contributed by atoms with Crippen LogP contribution in [0.3, 0.4) is 0 Å². The highest BCUT2D eigenvalue weighted by atomic mass is 16.6. The molecule has 0 unspecified atom stereocenters. The van der Waals surface area contributed by atoms with Crippen LogP contribution in [-0.4, -0.2) is 169 Å². The number of fused-ring (bicyclic) bond motifs is 1. The lowest BCUT2D eigenvalue weighted by atomic mass is 10.0. The number of aromatic amines is 1. The number of benzene rings is 2. The lowest BCUT2D eigenvalue weighted by molar-refractivity contribution is -0.137. The number of alkyl carbamates (subject to hydrolysis) is 1. The lowest BCUT2D eigenvalue weighted by Crippen LogP contribution is -2.54. The van der Waals surface area contributed by atoms with Gasteiger partial charge in [0.2, 0.25) is 17.7 Å². The number of nitrogens with two attached hydrogens (primary N) is 2. The van der Waals surface area contributed by atoms with Crippen molar-refractivity contribution in [3.63, 3.8) is 0 Å². The molecule has 0 spiro atoms. The maximum atomic E-state index is 13.7. The number of rotatable bonds is 34. The van der Waals surface area contributed by atoms with Crippen molar-refractivity contribution in [1.82, 2.24) is 50.6 Å². The van der Waals surface area contributed by atoms with Gasteiger partial charge >= 0.3 is 23.8 Å². The van der Waals surface area contributed by atoms with Crippen LogP contribution in [0.2, 0.25) is 0 Å². The van der Waals surface area contributed by atoms with Gasteiger partial charge < -0.3 is 71.5 Å². The van der Waals surface area contributed by atoms with E-state index < -0.39 is 41.9 Å². The normalized spacial score (nSPS) is 14.4. The minimum Gasteiger partial charge on any atom is -0.496 e. The van der Waals surface area contributed by atoms with Crippen LogP contribution in [0.4, 0.5) is 21.1 Å². The zero-order chi connectivity index (χ0) is 59.0. The van der Waals surface area contributed by atoms with Crippen molar-refractivity contribution >= 4 is 64.3 Å². The van der Waals surface area contributed by atoms with E-state index >= 15 is 0 Å². The summed E-state index contributed by atoms with van der Waals surface area (Å²) in [6, 6.07) is 9.81. The quantitative estimate of drug-likeness (QED) is 0.0245. The van der Waals surface area contributed by atoms with Crippen molar-refractivity contribution in [2.24, 2.45) is 11.7 Å². The number of carbonyl (C=O) groups is 7. The van der Waals surface area contributed by atoms with Gasteiger partial charge in [0.25, 0.3) is 11.8 Å². The largest absolute Gasteiger partial charge is 0.496 e. The van der Waals surface area contributed by atoms with Gasteiger partial charge in [-0.05, 0) is 67.3 Å². The van der Waals surface area contributed by atoms with Gasteiger partial charge in [-0.1, -0.05) is 51.5 Å². The van der Waals surface area contributed by atoms with Crippen molar-refractivity contribution in [1.29, 1.82) is 0 Å². The maximum absolute atomic E-state index is 13.7. The number of H-pyrrole nitrogens is 1. The molecule has 2 aromatic heterocycles. The zero-order valence-electron chi connectivity index (χ0n) is 47.0. The van der Waals surface area contributed by atoms with Crippen molar-refractivity contribution < 1.29 is 62.0 Å². The molecule has 4 heterocycles. The summed E-state index contributed by atoms with van der Waals surface area (Å²) in [5, 5.41) is 13.8. The summed E-state index contributed by atoms with van der Waals surface area (Å²) in [6.07, 6.45) is 5.43. The number of piperidine rings is 1. The van der Waals surface area contributed by atoms with Gasteiger partial charge in [0.15, 0.2) is 11.5 Å². The molecule has 10 N–H and O–H groups in total. The number of nitrogen functional groups attached to an aromatic ring is 1. The van der Waals surface area contributed by atoms with E-state index in [1.165, 1.54) is 16.7 Å². The fourth-order valence-corrected chi connectivity index (χ4v) is 8.85. The van der Waals surface area contributed by atoms with Crippen LogP contribution in [0, 0.1) is 5.92 Å². The summed E-state index contributed by atoms with van der Waals surface area (Å²) in [4.78, 5) is 115. The number of urea groups is 1. The third-order valence-electron chi connectivity index (χ3n) is 13.4. The highest BCUT2D eigenvalue weighted by Crippen LogP contribution is 2.26. The molecule has 82 heavy (non-hydrogen) atoms. The second kappa shape index (κ2) is 32.3. The molecule has 0 saturated carbocycles. The van der Waals surface area contributed by atoms with E-state index in [2.05, 4.69) is 46.4 Å². The van der Waals surface area contributed by atoms with Gasteiger partial charge in [0.05, 0.1) is 66.4 Å². The predicted molar refractivity (Wildman–Crippen MR) is 300 cm³/mol. The first-order valence-electron chi connectivity index (χ1n) is 27.5. The Morgan fingerprint density at radius 1 is 0.817 bits per heavy atom. The van der Waals surface area contributed by atoms with Crippen molar-refractivity contribution in [2.45, 2.75) is 104 Å². The first-order chi connectivity index (χ1) is 39.5. The highest BCUT2D eigenvalue weighted by molar-refractivity contribution is 6.12. The van der Waals surface area contributed by atoms with Crippen LogP contribution >= 0.6 is 0 Å². The Balaban J connectivity index is 0.891. The number of nitrogens with one attached hydrogen (secondary N) is 6. The first kappa shape index (κ1) is 63.0. The standard InChI is InChI=1S/C55H77N13O14/c1-5-6-24-81-53-64-48(56)47-49(65-53)68(54(75)63-47)33-38-12-9-37(31-42(38)77-4)32-66-21-17-40(18-22-66)60-55(76)82-34-36-10-13-39(14-11-36)59-50(72)41(8-7-20-58-52(57)74)61-51(73)46(35(2)3)62-43(69)19-25-78-27-29-80-30-28-79-26-23-67-44(70)15-16-45(67)71/h9-16,31,35,40-41,46H,5-8,17-30,32-34H2,1-4H3,(H,59,72)(H,60,76)(H,61,73)(H,62,69)(H,63,75)(H2,56,64,65)(H3,57,58,74)/t41-,46-/m0/s1. The Hall–Kier alpha value is -8.14. The minimum atomic E-state index is -1.06. The summed E-state index contributed by atoms with van der Waals surface area (Å²) in [5.41, 5.74) is 14.5. The number of amides is 8. The molecule has 8 amide bonds. The molecule has 2 aromatic carbocycles. The molecule has 0 aliphatic carbocycles. The number of anilines is 2. The number of hydrogen-bond acceptors (Lipinski definition) is 18. The second-order valence-corrected chi connectivity index (χ2v) is 19.9. The molecule has 2 aliphatic rings. The summed E-state index contributed by atoms with van der Waals surface area (Å²) in [5.74, 6) is -1.91. The molecule has 4 aromatic rings. The van der Waals surface area contributed by atoms with Gasteiger partial charge in [-0.25, -0.2) is 14.4 Å². The topological polar surface area (TPSA) is 357 Å². The Bertz CT molecular complexity index is 2870. The van der Waals surface area contributed by atoms with Crippen LogP contribution in [0.5, 0.6) is 11.8 Å². The third kappa shape index (κ3) is 19.8. The fourth-order valence-electron chi connectivity index (χ4n) is 8.85. The number of nitrogens with zero attached hydrogens (tertiary/aromatic N) is 5. The molecule has 2 aliphatic heterocycles. The SMILES string of the molecule is CCCCOc1nc(N)c2[nH]c(=O)n(Cc3ccc(CN4CCC(NC(=O)OCc5ccc(NC(=O)[C@H](CCCNC(N)=O)NC(=O)[C@@H](NC(=O)CCOCCOCCOCCN6C(=O)C=CC6=O)C(C)C)cc5)CC4)cc3OC)c2n1. The molecule has 6 rings (SSSR count). The average Bonchev–Trinajstić information content (AvgIpc) is 4.06. The van der Waals surface area contributed by atoms with Crippen molar-refractivity contribution in [3.05, 3.63) is 81.8 Å². The van der Waals surface area contributed by atoms with E-state index in [0.717, 1.165) is 42.0 Å². The number of hydrogen-bond donors (Lipinski definition) is 8. The predicted octanol–water partition coefficient (Wildman–Crippen LogP) is 2.21. The number of unbranched alkanes of at least 4 members (excludes halogenated alkanes) is 1. The van der Waals surface area contributed by atoms with Crippen LogP contribution in [0.15, 0.2) is 59.4 Å². The first-order valence-corrected chi connectivity index (χ1v) is 27.5. The van der Waals surface area contributed by atoms with E-state index in [0.29, 0.717) is 60.6 Å². The van der Waals surface area contributed by atoms with E-state index in [4.69, 9.17) is 39.9 Å². The molecule has 27 nitrogen and oxygen atoms in total. The Labute approximate surface area is 474 Å². The molecule has 446 valence electrons. The third-order valence-corrected chi connectivity index (χ3v) is 13.4. The Kier molecular flexibility index (Phi) is 24.9. The van der Waals surface area contributed by atoms with Crippen LogP contribution < -0.4 is 53.2 Å². The van der Waals surface area contributed by atoms with Crippen LogP contribution in [0.1, 0.15) is 82.4 Å². The number of primary amides is 1. The van der Waals surface area contributed by atoms with E-state index in [1.54, 1.807) is 45.2 Å². The van der Waals surface area contributed by atoms with Gasteiger partial charge in [0, 0.05) is 62.0 Å². The van der Waals surface area contributed by atoms with Gasteiger partial charge in [-0.15, -0.1) is 0 Å². The number of imide groups is 1. The number of carbonyl (C=O) groups excluding carboxylic acids is 7. The number of imidazole rings is 1. The van der Waals surface area contributed by atoms with Crippen molar-refractivity contribution in [3.8, 4) is 11.8 Å². The zero-order valence-corrected chi connectivity index (χ0v) is 47.0. The molecule has 27 heteroatoms. The summed E-state index contributed by atoms with van der Waals surface area (Å²) in [7, 11) is 1.58. The van der Waals surface area contributed by atoms with Gasteiger partial charge in [0.1, 0.15) is 30.0 Å². The van der Waals surface area contributed by atoms with E-state index in [9.17, 15) is 38.4 Å². The summed E-state index contributed by atoms with van der Waals surface area (Å²) < 4.78 is 34.8. The Morgan fingerprint density at radius 2 is 1.50 bits per heavy atom. The molecular weight excluding hydrogens is 1070 g/mol. The number of ether oxygens (including phenoxy) is 6. The maximum Gasteiger partial charge on any atom is 0.407 e. The lowest BCUT2D eigenvalue weighted by Gasteiger charge is -2.32. The van der Waals surface area contributed by atoms with Gasteiger partial charge in [-0.2, -0.15) is 9.97 Å². The highest BCUT2D eigenvalue weighted by Gasteiger charge is 2.30. The molecule has 0 radical (unpaired) electrons. The number of likely N-dealkylation sites (tertiary alicyclic amines) is 1. The molecular formula is C55H77N13O14. The molecule has 0 bridgehead atoms. The van der Waals surface area contributed by atoms with Gasteiger partial charge in [-0.3, -0.25) is 38.3 Å². The van der Waals surface area contributed by atoms with Crippen LogP contribution in [-0.2, 0) is 62.6 Å². The summed E-state index contributed by atoms with van der Waals surface area (Å²) >= 11 is 0. The number of methoxy groups -OCH3 is 1.